The van der Waals surface area contributed by atoms with Crippen LogP contribution in [0.1, 0.15) is 36.7 Å². The molecule has 1 aromatic carbocycles. The summed E-state index contributed by atoms with van der Waals surface area (Å²) in [6.45, 7) is 6.66. The summed E-state index contributed by atoms with van der Waals surface area (Å²) >= 11 is 1.63. The minimum Gasteiger partial charge on any atom is -0.465 e. The predicted octanol–water partition coefficient (Wildman–Crippen LogP) is 3.32. The second kappa shape index (κ2) is 6.60. The van der Waals surface area contributed by atoms with Crippen molar-refractivity contribution in [3.8, 4) is 0 Å². The van der Waals surface area contributed by atoms with Crippen molar-refractivity contribution in [1.29, 1.82) is 0 Å². The van der Waals surface area contributed by atoms with Crippen molar-refractivity contribution in [1.82, 2.24) is 4.90 Å². The van der Waals surface area contributed by atoms with Crippen LogP contribution in [-0.2, 0) is 16.0 Å². The summed E-state index contributed by atoms with van der Waals surface area (Å²) in [5, 5.41) is 0. The van der Waals surface area contributed by atoms with E-state index in [-0.39, 0.29) is 12.1 Å². The highest BCUT2D eigenvalue weighted by molar-refractivity contribution is 7.99. The minimum atomic E-state index is -0.506. The summed E-state index contributed by atoms with van der Waals surface area (Å²) in [6.07, 6.45) is -0.307. The molecule has 0 aromatic heterocycles. The number of rotatable bonds is 1. The van der Waals surface area contributed by atoms with Gasteiger partial charge in [-0.15, -0.1) is 11.8 Å². The first-order chi connectivity index (χ1) is 10.3. The fraction of sp³-hybridized carbons (Fsp3) is 0.500. The molecule has 0 bridgehead atoms. The fourth-order valence-corrected chi connectivity index (χ4v) is 3.16. The Hall–Kier alpha value is -1.69. The number of benzene rings is 1. The predicted molar refractivity (Wildman–Crippen MR) is 85.1 cm³/mol. The molecule has 22 heavy (non-hydrogen) atoms. The van der Waals surface area contributed by atoms with Crippen LogP contribution in [-0.4, -0.2) is 42.0 Å². The molecule has 1 aliphatic rings. The first-order valence-electron chi connectivity index (χ1n) is 7.12. The summed E-state index contributed by atoms with van der Waals surface area (Å²) in [5.41, 5.74) is 1.04. The number of amides is 1. The van der Waals surface area contributed by atoms with E-state index in [1.807, 2.05) is 32.9 Å². The molecule has 0 saturated heterocycles. The zero-order valence-electron chi connectivity index (χ0n) is 13.3. The molecule has 2 rings (SSSR count). The Balaban J connectivity index is 2.17. The maximum absolute atomic E-state index is 12.2. The van der Waals surface area contributed by atoms with Crippen LogP contribution in [0.25, 0.3) is 0 Å². The van der Waals surface area contributed by atoms with Crippen LogP contribution in [0.3, 0.4) is 0 Å². The molecule has 1 aliphatic heterocycles. The quantitative estimate of drug-likeness (QED) is 0.742. The van der Waals surface area contributed by atoms with Gasteiger partial charge in [0.2, 0.25) is 0 Å². The molecule has 0 fully saturated rings. The fourth-order valence-electron chi connectivity index (χ4n) is 2.10. The lowest BCUT2D eigenvalue weighted by molar-refractivity contribution is 0.0246. The first-order valence-corrected chi connectivity index (χ1v) is 8.10. The number of thioether (sulfide) groups is 1. The number of methoxy groups -OCH3 is 1. The smallest absolute Gasteiger partial charge is 0.410 e. The van der Waals surface area contributed by atoms with E-state index in [1.165, 1.54) is 7.11 Å². The lowest BCUT2D eigenvalue weighted by atomic mass is 10.1. The number of carbonyl (C=O) groups is 2. The average molecular weight is 323 g/mol. The summed E-state index contributed by atoms with van der Waals surface area (Å²) < 4.78 is 10.2. The van der Waals surface area contributed by atoms with E-state index in [4.69, 9.17) is 9.47 Å². The second-order valence-electron chi connectivity index (χ2n) is 6.06. The van der Waals surface area contributed by atoms with E-state index in [1.54, 1.807) is 22.7 Å². The molecule has 1 heterocycles. The van der Waals surface area contributed by atoms with Gasteiger partial charge >= 0.3 is 12.1 Å². The van der Waals surface area contributed by atoms with Crippen LogP contribution in [0.2, 0.25) is 0 Å². The van der Waals surface area contributed by atoms with Crippen LogP contribution in [0.4, 0.5) is 4.79 Å². The molecular weight excluding hydrogens is 302 g/mol. The number of nitrogens with zero attached hydrogens (tertiary/aromatic N) is 1. The summed E-state index contributed by atoms with van der Waals surface area (Å²) in [7, 11) is 1.37. The van der Waals surface area contributed by atoms with Crippen LogP contribution in [0.5, 0.6) is 0 Å². The summed E-state index contributed by atoms with van der Waals surface area (Å²) in [4.78, 5) is 26.5. The molecule has 0 N–H and O–H groups in total. The van der Waals surface area contributed by atoms with E-state index in [9.17, 15) is 9.59 Å². The molecule has 0 saturated carbocycles. The molecule has 0 unspecified atom stereocenters. The average Bonchev–Trinajstić information content (AvgIpc) is 2.66. The van der Waals surface area contributed by atoms with Crippen molar-refractivity contribution >= 4 is 23.8 Å². The number of hydrogen-bond acceptors (Lipinski definition) is 5. The van der Waals surface area contributed by atoms with Gasteiger partial charge in [0.25, 0.3) is 0 Å². The maximum atomic E-state index is 12.2. The van der Waals surface area contributed by atoms with Gasteiger partial charge in [0.1, 0.15) is 5.60 Å². The molecule has 0 atom stereocenters. The van der Waals surface area contributed by atoms with E-state index in [0.29, 0.717) is 18.7 Å². The van der Waals surface area contributed by atoms with Crippen LogP contribution >= 0.6 is 11.8 Å². The van der Waals surface area contributed by atoms with E-state index in [2.05, 4.69) is 0 Å². The number of hydrogen-bond donors (Lipinski definition) is 0. The van der Waals surface area contributed by atoms with Gasteiger partial charge in [-0.25, -0.2) is 9.59 Å². The van der Waals surface area contributed by atoms with Gasteiger partial charge in [-0.1, -0.05) is 6.07 Å². The molecule has 0 aliphatic carbocycles. The third kappa shape index (κ3) is 4.16. The van der Waals surface area contributed by atoms with Crippen molar-refractivity contribution in [2.75, 3.05) is 19.4 Å². The maximum Gasteiger partial charge on any atom is 0.410 e. The third-order valence-electron chi connectivity index (χ3n) is 3.12. The molecule has 120 valence electrons. The van der Waals surface area contributed by atoms with Gasteiger partial charge in [-0.2, -0.15) is 0 Å². The topological polar surface area (TPSA) is 55.8 Å². The molecule has 0 spiro atoms. The third-order valence-corrected chi connectivity index (χ3v) is 4.20. The van der Waals surface area contributed by atoms with E-state index >= 15 is 0 Å². The Morgan fingerprint density at radius 2 is 2.00 bits per heavy atom. The lowest BCUT2D eigenvalue weighted by Crippen LogP contribution is -2.37. The van der Waals surface area contributed by atoms with E-state index in [0.717, 1.165) is 16.2 Å². The number of esters is 1. The Morgan fingerprint density at radius 3 is 2.64 bits per heavy atom. The van der Waals surface area contributed by atoms with E-state index < -0.39 is 5.60 Å². The Morgan fingerprint density at radius 1 is 1.27 bits per heavy atom. The molecular formula is C16H21NO4S. The van der Waals surface area contributed by atoms with Crippen molar-refractivity contribution < 1.29 is 19.1 Å². The summed E-state index contributed by atoms with van der Waals surface area (Å²) in [5.74, 6) is 0.410. The molecule has 5 nitrogen and oxygen atoms in total. The van der Waals surface area contributed by atoms with Gasteiger partial charge in [0.05, 0.1) is 19.2 Å². The van der Waals surface area contributed by atoms with Crippen molar-refractivity contribution in [3.05, 3.63) is 29.3 Å². The van der Waals surface area contributed by atoms with Gasteiger partial charge < -0.3 is 14.4 Å². The monoisotopic (exact) mass is 323 g/mol. The Kier molecular flexibility index (Phi) is 5.01. The minimum absolute atomic E-state index is 0.307. The number of fused-ring (bicyclic) bond motifs is 1. The number of ether oxygens (including phenoxy) is 2. The van der Waals surface area contributed by atoms with Gasteiger partial charge in [-0.05, 0) is 38.5 Å². The number of carbonyl (C=O) groups excluding carboxylic acids is 2. The van der Waals surface area contributed by atoms with Crippen LogP contribution in [0.15, 0.2) is 23.1 Å². The Bertz CT molecular complexity index is 580. The SMILES string of the molecule is COC(=O)c1ccc2c(c1)SCCN(C(=O)OC(C)(C)C)C2. The zero-order chi connectivity index (χ0) is 16.3. The van der Waals surface area contributed by atoms with Crippen molar-refractivity contribution in [2.24, 2.45) is 0 Å². The Labute approximate surface area is 135 Å². The molecule has 1 amide bonds. The summed E-state index contributed by atoms with van der Waals surface area (Å²) in [6, 6.07) is 5.42. The highest BCUT2D eigenvalue weighted by atomic mass is 32.2. The standard InChI is InChI=1S/C16H21NO4S/c1-16(2,3)21-15(19)17-7-8-22-13-9-11(14(18)20-4)5-6-12(13)10-17/h5-6,9H,7-8,10H2,1-4H3. The first kappa shape index (κ1) is 16.7. The normalized spacial score (nSPS) is 14.8. The highest BCUT2D eigenvalue weighted by Crippen LogP contribution is 2.29. The van der Waals surface area contributed by atoms with Crippen molar-refractivity contribution in [3.63, 3.8) is 0 Å². The largest absolute Gasteiger partial charge is 0.465 e. The molecule has 1 aromatic rings. The van der Waals surface area contributed by atoms with Gasteiger partial charge in [-0.3, -0.25) is 0 Å². The second-order valence-corrected chi connectivity index (χ2v) is 7.20. The lowest BCUT2D eigenvalue weighted by Gasteiger charge is -2.26. The zero-order valence-corrected chi connectivity index (χ0v) is 14.2. The molecule has 6 heteroatoms. The van der Waals surface area contributed by atoms with Crippen molar-refractivity contribution in [2.45, 2.75) is 37.8 Å². The van der Waals surface area contributed by atoms with Gasteiger partial charge in [0.15, 0.2) is 0 Å². The molecule has 0 radical (unpaired) electrons. The van der Waals surface area contributed by atoms with Crippen LogP contribution < -0.4 is 0 Å². The highest BCUT2D eigenvalue weighted by Gasteiger charge is 2.25. The van der Waals surface area contributed by atoms with Crippen LogP contribution in [0, 0.1) is 0 Å². The van der Waals surface area contributed by atoms with Gasteiger partial charge in [0, 0.05) is 17.2 Å².